The van der Waals surface area contributed by atoms with Crippen molar-refractivity contribution in [1.29, 1.82) is 0 Å². The van der Waals surface area contributed by atoms with Gasteiger partial charge >= 0.3 is 5.69 Å². The molecule has 1 atom stereocenters. The molecule has 5 heteroatoms. The molecule has 0 aliphatic carbocycles. The lowest BCUT2D eigenvalue weighted by molar-refractivity contribution is 0.609. The molecule has 78 valence electrons. The average Bonchev–Trinajstić information content (AvgIpc) is 2.59. The lowest BCUT2D eigenvalue weighted by Crippen LogP contribution is -2.21. The first-order chi connectivity index (χ1) is 7.20. The van der Waals surface area contributed by atoms with Gasteiger partial charge in [-0.05, 0) is 24.7 Å². The maximum Gasteiger partial charge on any atom is 0.342 e. The maximum absolute atomic E-state index is 11.5. The molecule has 0 unspecified atom stereocenters. The molecule has 0 saturated carbocycles. The third-order valence-electron chi connectivity index (χ3n) is 2.38. The maximum atomic E-state index is 11.5. The molecule has 0 spiro atoms. The van der Waals surface area contributed by atoms with E-state index in [-0.39, 0.29) is 11.7 Å². The van der Waals surface area contributed by atoms with E-state index in [1.54, 1.807) is 0 Å². The molecule has 2 N–H and O–H groups in total. The Labute approximate surface area is 91.6 Å². The minimum atomic E-state index is -0.212. The van der Waals surface area contributed by atoms with Crippen LogP contribution in [0.3, 0.4) is 0 Å². The first-order valence-corrected chi connectivity index (χ1v) is 5.05. The minimum Gasteiger partial charge on any atom is -0.272 e. The molecule has 1 heterocycles. The molecule has 2 rings (SSSR count). The summed E-state index contributed by atoms with van der Waals surface area (Å²) in [7, 11) is 0. The van der Waals surface area contributed by atoms with E-state index in [2.05, 4.69) is 10.2 Å². The fourth-order valence-electron chi connectivity index (χ4n) is 1.55. The van der Waals surface area contributed by atoms with E-state index in [0.29, 0.717) is 4.77 Å². The Bertz CT molecular complexity index is 524. The second kappa shape index (κ2) is 3.86. The van der Waals surface area contributed by atoms with Crippen LogP contribution in [-0.4, -0.2) is 14.8 Å². The third kappa shape index (κ3) is 1.78. The van der Waals surface area contributed by atoms with Crippen molar-refractivity contribution >= 4 is 12.2 Å². The summed E-state index contributed by atoms with van der Waals surface area (Å²) in [6.45, 7) is 1.94. The van der Waals surface area contributed by atoms with Gasteiger partial charge in [-0.15, -0.1) is 0 Å². The van der Waals surface area contributed by atoms with Crippen molar-refractivity contribution < 1.29 is 0 Å². The standard InChI is InChI=1S/C10H11N3OS/c1-7(8-5-3-2-4-6-8)13-9(14)11-12-10(13)15/h2-7H,1H3,(H,11,14)(H,12,15)/t7-/m1/s1. The van der Waals surface area contributed by atoms with Crippen molar-refractivity contribution in [1.82, 2.24) is 14.8 Å². The van der Waals surface area contributed by atoms with Crippen molar-refractivity contribution in [2.75, 3.05) is 0 Å². The van der Waals surface area contributed by atoms with Crippen LogP contribution in [0.15, 0.2) is 35.1 Å². The summed E-state index contributed by atoms with van der Waals surface area (Å²) in [6.07, 6.45) is 0. The molecule has 1 aromatic carbocycles. The Hall–Kier alpha value is -1.62. The second-order valence-electron chi connectivity index (χ2n) is 3.32. The summed E-state index contributed by atoms with van der Waals surface area (Å²) in [5, 5.41) is 5.09. The van der Waals surface area contributed by atoms with Crippen LogP contribution in [0.25, 0.3) is 0 Å². The monoisotopic (exact) mass is 221 g/mol. The molecule has 4 nitrogen and oxygen atoms in total. The SMILES string of the molecule is C[C@H](c1ccccc1)n1c(=O)[nH][nH]c1=S. The summed E-state index contributed by atoms with van der Waals surface area (Å²) in [6, 6.07) is 9.70. The summed E-state index contributed by atoms with van der Waals surface area (Å²) in [5.41, 5.74) is 0.843. The molecule has 2 aromatic rings. The van der Waals surface area contributed by atoms with Crippen LogP contribution in [-0.2, 0) is 0 Å². The highest BCUT2D eigenvalue weighted by molar-refractivity contribution is 7.71. The predicted octanol–water partition coefficient (Wildman–Crippen LogP) is 1.84. The first-order valence-electron chi connectivity index (χ1n) is 4.64. The van der Waals surface area contributed by atoms with Crippen LogP contribution < -0.4 is 5.69 Å². The van der Waals surface area contributed by atoms with E-state index >= 15 is 0 Å². The van der Waals surface area contributed by atoms with Crippen LogP contribution in [0.2, 0.25) is 0 Å². The van der Waals surface area contributed by atoms with Gasteiger partial charge in [-0.3, -0.25) is 9.67 Å². The molecule has 0 radical (unpaired) electrons. The molecule has 0 aliphatic heterocycles. The lowest BCUT2D eigenvalue weighted by Gasteiger charge is -2.11. The van der Waals surface area contributed by atoms with E-state index in [1.165, 1.54) is 4.57 Å². The number of aromatic nitrogens is 3. The zero-order valence-corrected chi connectivity index (χ0v) is 9.04. The highest BCUT2D eigenvalue weighted by Crippen LogP contribution is 2.14. The Morgan fingerprint density at radius 1 is 1.27 bits per heavy atom. The fraction of sp³-hybridized carbons (Fsp3) is 0.200. The van der Waals surface area contributed by atoms with E-state index < -0.39 is 0 Å². The summed E-state index contributed by atoms with van der Waals surface area (Å²) >= 11 is 5.03. The number of hydrogen-bond donors (Lipinski definition) is 2. The van der Waals surface area contributed by atoms with Crippen LogP contribution in [0.4, 0.5) is 0 Å². The molecular weight excluding hydrogens is 210 g/mol. The Morgan fingerprint density at radius 3 is 2.47 bits per heavy atom. The van der Waals surface area contributed by atoms with Gasteiger partial charge in [0, 0.05) is 0 Å². The van der Waals surface area contributed by atoms with E-state index in [9.17, 15) is 4.79 Å². The number of nitrogens with one attached hydrogen (secondary N) is 2. The Morgan fingerprint density at radius 2 is 1.93 bits per heavy atom. The van der Waals surface area contributed by atoms with Gasteiger partial charge in [-0.1, -0.05) is 30.3 Å². The van der Waals surface area contributed by atoms with E-state index in [0.717, 1.165) is 5.56 Å². The Balaban J connectivity index is 2.50. The second-order valence-corrected chi connectivity index (χ2v) is 3.70. The molecule has 0 saturated heterocycles. The lowest BCUT2D eigenvalue weighted by atomic mass is 10.1. The summed E-state index contributed by atoms with van der Waals surface area (Å²) < 4.78 is 1.93. The van der Waals surface area contributed by atoms with Gasteiger partial charge in [0.1, 0.15) is 0 Å². The molecular formula is C10H11N3OS. The number of rotatable bonds is 2. The van der Waals surface area contributed by atoms with Crippen molar-refractivity contribution in [2.24, 2.45) is 0 Å². The third-order valence-corrected chi connectivity index (χ3v) is 2.68. The van der Waals surface area contributed by atoms with Gasteiger partial charge in [0.25, 0.3) is 0 Å². The smallest absolute Gasteiger partial charge is 0.272 e. The van der Waals surface area contributed by atoms with Crippen LogP contribution in [0.5, 0.6) is 0 Å². The van der Waals surface area contributed by atoms with Gasteiger partial charge in [0.15, 0.2) is 4.77 Å². The van der Waals surface area contributed by atoms with Crippen LogP contribution >= 0.6 is 12.2 Å². The average molecular weight is 221 g/mol. The number of nitrogens with zero attached hydrogens (tertiary/aromatic N) is 1. The fourth-order valence-corrected chi connectivity index (χ4v) is 1.84. The number of H-pyrrole nitrogens is 2. The molecule has 0 fully saturated rings. The molecule has 0 aliphatic rings. The van der Waals surface area contributed by atoms with Crippen LogP contribution in [0, 0.1) is 4.77 Å². The zero-order valence-electron chi connectivity index (χ0n) is 8.23. The first kappa shape index (κ1) is 9.92. The van der Waals surface area contributed by atoms with Crippen molar-refractivity contribution in [3.05, 3.63) is 51.2 Å². The van der Waals surface area contributed by atoms with Gasteiger partial charge in [0.05, 0.1) is 6.04 Å². The molecule has 15 heavy (non-hydrogen) atoms. The highest BCUT2D eigenvalue weighted by Gasteiger charge is 2.10. The van der Waals surface area contributed by atoms with Gasteiger partial charge in [-0.25, -0.2) is 9.89 Å². The van der Waals surface area contributed by atoms with Crippen molar-refractivity contribution in [3.8, 4) is 0 Å². The summed E-state index contributed by atoms with van der Waals surface area (Å²) in [4.78, 5) is 11.5. The Kier molecular flexibility index (Phi) is 2.55. The molecule has 0 amide bonds. The number of benzene rings is 1. The normalized spacial score (nSPS) is 12.6. The topological polar surface area (TPSA) is 53.6 Å². The summed E-state index contributed by atoms with van der Waals surface area (Å²) in [5.74, 6) is 0. The minimum absolute atomic E-state index is 0.0614. The van der Waals surface area contributed by atoms with Crippen LogP contribution in [0.1, 0.15) is 18.5 Å². The van der Waals surface area contributed by atoms with Gasteiger partial charge in [0.2, 0.25) is 0 Å². The van der Waals surface area contributed by atoms with Crippen molar-refractivity contribution in [3.63, 3.8) is 0 Å². The largest absolute Gasteiger partial charge is 0.342 e. The van der Waals surface area contributed by atoms with Crippen molar-refractivity contribution in [2.45, 2.75) is 13.0 Å². The van der Waals surface area contributed by atoms with Gasteiger partial charge < -0.3 is 0 Å². The number of hydrogen-bond acceptors (Lipinski definition) is 2. The molecule has 0 bridgehead atoms. The number of aromatic amines is 2. The van der Waals surface area contributed by atoms with E-state index in [1.807, 2.05) is 37.3 Å². The van der Waals surface area contributed by atoms with E-state index in [4.69, 9.17) is 12.2 Å². The molecule has 1 aromatic heterocycles. The highest BCUT2D eigenvalue weighted by atomic mass is 32.1. The van der Waals surface area contributed by atoms with Gasteiger partial charge in [-0.2, -0.15) is 0 Å². The quantitative estimate of drug-likeness (QED) is 0.760. The predicted molar refractivity (Wildman–Crippen MR) is 60.5 cm³/mol. The zero-order chi connectivity index (χ0) is 10.8.